The van der Waals surface area contributed by atoms with Gasteiger partial charge in [-0.1, -0.05) is 13.8 Å². The first-order valence-corrected chi connectivity index (χ1v) is 7.09. The van der Waals surface area contributed by atoms with E-state index in [1.807, 2.05) is 18.7 Å². The van der Waals surface area contributed by atoms with E-state index in [9.17, 15) is 4.79 Å². The van der Waals surface area contributed by atoms with E-state index >= 15 is 0 Å². The van der Waals surface area contributed by atoms with Gasteiger partial charge in [0.2, 0.25) is 5.91 Å². The van der Waals surface area contributed by atoms with Crippen LogP contribution in [0.4, 0.5) is 0 Å². The molecule has 0 spiro atoms. The van der Waals surface area contributed by atoms with Gasteiger partial charge in [0.25, 0.3) is 0 Å². The average Bonchev–Trinajstić information content (AvgIpc) is 2.79. The fraction of sp³-hybridized carbons (Fsp3) is 0.923. The molecule has 0 saturated carbocycles. The molecule has 3 nitrogen and oxygen atoms in total. The van der Waals surface area contributed by atoms with Gasteiger partial charge in [-0.2, -0.15) is 0 Å². The standard InChI is InChI=1S/C13H25ClN2O/c1-5-15(6-2)11-7-8-16(9-11)12(17)13(3,4)10-14/h11H,5-10H2,1-4H3. The Balaban J connectivity index is 2.59. The van der Waals surface area contributed by atoms with Crippen LogP contribution < -0.4 is 0 Å². The fourth-order valence-electron chi connectivity index (χ4n) is 2.45. The number of alkyl halides is 1. The second-order valence-electron chi connectivity index (χ2n) is 5.43. The topological polar surface area (TPSA) is 23.6 Å². The van der Waals surface area contributed by atoms with Gasteiger partial charge in [0.1, 0.15) is 0 Å². The van der Waals surface area contributed by atoms with Crippen molar-refractivity contribution in [1.82, 2.24) is 9.80 Å². The molecule has 100 valence electrons. The smallest absolute Gasteiger partial charge is 0.229 e. The molecule has 1 amide bonds. The molecule has 17 heavy (non-hydrogen) atoms. The van der Waals surface area contributed by atoms with Crippen LogP contribution in [0.5, 0.6) is 0 Å². The fourth-order valence-corrected chi connectivity index (χ4v) is 2.56. The van der Waals surface area contributed by atoms with Crippen LogP contribution in [0.15, 0.2) is 0 Å². The van der Waals surface area contributed by atoms with Crippen LogP contribution >= 0.6 is 11.6 Å². The number of nitrogens with zero attached hydrogens (tertiary/aromatic N) is 2. The summed E-state index contributed by atoms with van der Waals surface area (Å²) in [5.41, 5.74) is -0.431. The lowest BCUT2D eigenvalue weighted by molar-refractivity contribution is -0.138. The molecule has 0 aromatic rings. The molecular formula is C13H25ClN2O. The summed E-state index contributed by atoms with van der Waals surface area (Å²) in [4.78, 5) is 16.7. The van der Waals surface area contributed by atoms with Crippen LogP contribution in [0.25, 0.3) is 0 Å². The molecule has 0 aromatic heterocycles. The van der Waals surface area contributed by atoms with Crippen molar-refractivity contribution in [3.63, 3.8) is 0 Å². The number of likely N-dealkylation sites (N-methyl/N-ethyl adjacent to an activating group) is 1. The Morgan fingerprint density at radius 2 is 2.00 bits per heavy atom. The van der Waals surface area contributed by atoms with Gasteiger partial charge in [-0.15, -0.1) is 11.6 Å². The van der Waals surface area contributed by atoms with Crippen LogP contribution in [0.3, 0.4) is 0 Å². The molecule has 0 radical (unpaired) electrons. The highest BCUT2D eigenvalue weighted by molar-refractivity contribution is 6.19. The highest BCUT2D eigenvalue weighted by atomic mass is 35.5. The van der Waals surface area contributed by atoms with Crippen molar-refractivity contribution in [2.45, 2.75) is 40.2 Å². The summed E-state index contributed by atoms with van der Waals surface area (Å²) in [7, 11) is 0. The minimum absolute atomic E-state index is 0.196. The summed E-state index contributed by atoms with van der Waals surface area (Å²) in [6, 6.07) is 0.528. The highest BCUT2D eigenvalue weighted by Crippen LogP contribution is 2.25. The van der Waals surface area contributed by atoms with Crippen molar-refractivity contribution in [2.75, 3.05) is 32.1 Å². The van der Waals surface area contributed by atoms with Crippen molar-refractivity contribution < 1.29 is 4.79 Å². The Hall–Kier alpha value is -0.280. The van der Waals surface area contributed by atoms with E-state index < -0.39 is 5.41 Å². The van der Waals surface area contributed by atoms with Gasteiger partial charge in [-0.05, 0) is 33.4 Å². The zero-order chi connectivity index (χ0) is 13.1. The summed E-state index contributed by atoms with van der Waals surface area (Å²) in [6.07, 6.45) is 1.09. The van der Waals surface area contributed by atoms with E-state index in [0.29, 0.717) is 11.9 Å². The van der Waals surface area contributed by atoms with E-state index in [0.717, 1.165) is 32.6 Å². The number of rotatable bonds is 5. The molecule has 1 unspecified atom stereocenters. The molecule has 0 aliphatic carbocycles. The monoisotopic (exact) mass is 260 g/mol. The Morgan fingerprint density at radius 3 is 2.47 bits per heavy atom. The molecule has 0 N–H and O–H groups in total. The number of hydrogen-bond acceptors (Lipinski definition) is 2. The molecule has 1 aliphatic heterocycles. The molecule has 1 fully saturated rings. The van der Waals surface area contributed by atoms with Gasteiger partial charge in [0.05, 0.1) is 5.41 Å². The number of amides is 1. The highest BCUT2D eigenvalue weighted by Gasteiger charge is 2.36. The molecule has 1 aliphatic rings. The summed E-state index contributed by atoms with van der Waals surface area (Å²) in [6.45, 7) is 12.1. The lowest BCUT2D eigenvalue weighted by atomic mass is 9.94. The lowest BCUT2D eigenvalue weighted by Gasteiger charge is -2.29. The van der Waals surface area contributed by atoms with Crippen LogP contribution in [0.1, 0.15) is 34.1 Å². The van der Waals surface area contributed by atoms with Crippen molar-refractivity contribution in [2.24, 2.45) is 5.41 Å². The number of likely N-dealkylation sites (tertiary alicyclic amines) is 1. The first-order valence-electron chi connectivity index (χ1n) is 6.55. The van der Waals surface area contributed by atoms with Crippen LogP contribution in [-0.2, 0) is 4.79 Å². The van der Waals surface area contributed by atoms with Gasteiger partial charge in [0.15, 0.2) is 0 Å². The third-order valence-electron chi connectivity index (χ3n) is 3.69. The third kappa shape index (κ3) is 3.35. The maximum absolute atomic E-state index is 12.3. The Bertz CT molecular complexity index is 264. The van der Waals surface area contributed by atoms with Crippen molar-refractivity contribution >= 4 is 17.5 Å². The first-order chi connectivity index (χ1) is 7.96. The average molecular weight is 261 g/mol. The van der Waals surface area contributed by atoms with Crippen molar-refractivity contribution in [1.29, 1.82) is 0 Å². The molecule has 1 rings (SSSR count). The number of carbonyl (C=O) groups is 1. The lowest BCUT2D eigenvalue weighted by Crippen LogP contribution is -2.43. The zero-order valence-electron chi connectivity index (χ0n) is 11.5. The maximum Gasteiger partial charge on any atom is 0.229 e. The van der Waals surface area contributed by atoms with E-state index in [4.69, 9.17) is 11.6 Å². The van der Waals surface area contributed by atoms with E-state index in [2.05, 4.69) is 18.7 Å². The summed E-state index contributed by atoms with van der Waals surface area (Å²) in [5.74, 6) is 0.584. The van der Waals surface area contributed by atoms with E-state index in [1.165, 1.54) is 0 Å². The summed E-state index contributed by atoms with van der Waals surface area (Å²) < 4.78 is 0. The Labute approximate surface area is 110 Å². The Kier molecular flexibility index (Phi) is 5.26. The largest absolute Gasteiger partial charge is 0.341 e. The number of halogens is 1. The number of hydrogen-bond donors (Lipinski definition) is 0. The van der Waals surface area contributed by atoms with Gasteiger partial charge in [-0.25, -0.2) is 0 Å². The molecule has 0 aromatic carbocycles. The molecule has 1 atom stereocenters. The van der Waals surface area contributed by atoms with Crippen LogP contribution in [0.2, 0.25) is 0 Å². The predicted octanol–water partition coefficient (Wildman–Crippen LogP) is 2.19. The van der Waals surface area contributed by atoms with Gasteiger partial charge in [0, 0.05) is 25.0 Å². The van der Waals surface area contributed by atoms with Gasteiger partial charge in [-0.3, -0.25) is 9.69 Å². The normalized spacial score (nSPS) is 21.3. The van der Waals surface area contributed by atoms with Crippen molar-refractivity contribution in [3.05, 3.63) is 0 Å². The van der Waals surface area contributed by atoms with Crippen molar-refractivity contribution in [3.8, 4) is 0 Å². The number of carbonyl (C=O) groups excluding carboxylic acids is 1. The van der Waals surface area contributed by atoms with Crippen LogP contribution in [0, 0.1) is 5.41 Å². The minimum atomic E-state index is -0.431. The quantitative estimate of drug-likeness (QED) is 0.708. The summed E-state index contributed by atoms with van der Waals surface area (Å²) in [5, 5.41) is 0. The molecule has 1 saturated heterocycles. The third-order valence-corrected chi connectivity index (χ3v) is 4.36. The predicted molar refractivity (Wildman–Crippen MR) is 72.4 cm³/mol. The van der Waals surface area contributed by atoms with E-state index in [1.54, 1.807) is 0 Å². The first kappa shape index (κ1) is 14.8. The SMILES string of the molecule is CCN(CC)C1CCN(C(=O)C(C)(C)CCl)C1. The molecule has 1 heterocycles. The van der Waals surface area contributed by atoms with E-state index in [-0.39, 0.29) is 5.91 Å². The van der Waals surface area contributed by atoms with Crippen LogP contribution in [-0.4, -0.2) is 53.8 Å². The van der Waals surface area contributed by atoms with Gasteiger partial charge >= 0.3 is 0 Å². The maximum atomic E-state index is 12.3. The minimum Gasteiger partial charge on any atom is -0.341 e. The zero-order valence-corrected chi connectivity index (χ0v) is 12.3. The molecule has 0 bridgehead atoms. The summed E-state index contributed by atoms with van der Waals surface area (Å²) >= 11 is 5.86. The second kappa shape index (κ2) is 6.05. The van der Waals surface area contributed by atoms with Gasteiger partial charge < -0.3 is 4.90 Å². The second-order valence-corrected chi connectivity index (χ2v) is 5.70. The molecular weight excluding hydrogens is 236 g/mol. The Morgan fingerprint density at radius 1 is 1.41 bits per heavy atom. The molecule has 4 heteroatoms.